The standard InChI is InChI=1S/C22H25N3O4/c1-16-5-4-6-17(13-16)23-21(26)14-24-9-11-25(12-10-24)22(27)20-15-28-18-7-2-3-8-19(18)29-20/h2-8,13,20H,9-12,14-15H2,1H3,(H,23,26)/t20-/m1/s1. The number of rotatable bonds is 4. The van der Waals surface area contributed by atoms with Crippen LogP contribution in [-0.2, 0) is 9.59 Å². The molecule has 7 heteroatoms. The maximum absolute atomic E-state index is 12.8. The summed E-state index contributed by atoms with van der Waals surface area (Å²) in [5.41, 5.74) is 1.91. The number of hydrogen-bond donors (Lipinski definition) is 1. The number of hydrogen-bond acceptors (Lipinski definition) is 5. The van der Waals surface area contributed by atoms with E-state index < -0.39 is 6.10 Å². The van der Waals surface area contributed by atoms with E-state index in [0.29, 0.717) is 44.2 Å². The Kier molecular flexibility index (Phi) is 5.67. The first-order valence-electron chi connectivity index (χ1n) is 9.84. The van der Waals surface area contributed by atoms with Crippen molar-refractivity contribution in [2.75, 3.05) is 44.6 Å². The average molecular weight is 395 g/mol. The molecule has 0 radical (unpaired) electrons. The van der Waals surface area contributed by atoms with Crippen LogP contribution in [-0.4, -0.2) is 67.0 Å². The lowest BCUT2D eigenvalue weighted by atomic mass is 10.2. The summed E-state index contributed by atoms with van der Waals surface area (Å²) in [6.07, 6.45) is -0.624. The molecule has 4 rings (SSSR count). The maximum Gasteiger partial charge on any atom is 0.267 e. The van der Waals surface area contributed by atoms with Crippen molar-refractivity contribution < 1.29 is 19.1 Å². The SMILES string of the molecule is Cc1cccc(NC(=O)CN2CCN(C(=O)[C@H]3COc4ccccc4O3)CC2)c1. The van der Waals surface area contributed by atoms with Gasteiger partial charge in [-0.15, -0.1) is 0 Å². The molecule has 1 fully saturated rings. The molecule has 2 aromatic rings. The molecule has 0 aliphatic carbocycles. The van der Waals surface area contributed by atoms with Crippen LogP contribution in [0, 0.1) is 6.92 Å². The lowest BCUT2D eigenvalue weighted by Crippen LogP contribution is -2.54. The van der Waals surface area contributed by atoms with Gasteiger partial charge in [-0.25, -0.2) is 0 Å². The Bertz CT molecular complexity index is 893. The van der Waals surface area contributed by atoms with Crippen LogP contribution in [0.1, 0.15) is 5.56 Å². The van der Waals surface area contributed by atoms with E-state index >= 15 is 0 Å². The topological polar surface area (TPSA) is 71.1 Å². The number of ether oxygens (including phenoxy) is 2. The zero-order valence-electron chi connectivity index (χ0n) is 16.5. The Labute approximate surface area is 170 Å². The number of fused-ring (bicyclic) bond motifs is 1. The summed E-state index contributed by atoms with van der Waals surface area (Å²) in [7, 11) is 0. The molecule has 2 heterocycles. The summed E-state index contributed by atoms with van der Waals surface area (Å²) < 4.78 is 11.5. The Morgan fingerprint density at radius 1 is 1.03 bits per heavy atom. The monoisotopic (exact) mass is 395 g/mol. The van der Waals surface area contributed by atoms with Crippen LogP contribution in [0.25, 0.3) is 0 Å². The predicted octanol–water partition coefficient (Wildman–Crippen LogP) is 1.92. The highest BCUT2D eigenvalue weighted by Gasteiger charge is 2.32. The maximum atomic E-state index is 12.8. The van der Waals surface area contributed by atoms with Crippen molar-refractivity contribution in [2.45, 2.75) is 13.0 Å². The first-order chi connectivity index (χ1) is 14.1. The summed E-state index contributed by atoms with van der Waals surface area (Å²) in [6, 6.07) is 15.1. The van der Waals surface area contributed by atoms with Crippen molar-refractivity contribution in [1.29, 1.82) is 0 Å². The van der Waals surface area contributed by atoms with Crippen LogP contribution in [0.2, 0.25) is 0 Å². The van der Waals surface area contributed by atoms with Gasteiger partial charge in [-0.05, 0) is 36.8 Å². The summed E-state index contributed by atoms with van der Waals surface area (Å²) in [5, 5.41) is 2.93. The highest BCUT2D eigenvalue weighted by atomic mass is 16.6. The number of anilines is 1. The van der Waals surface area contributed by atoms with Gasteiger partial charge in [0.25, 0.3) is 5.91 Å². The predicted molar refractivity (Wildman–Crippen MR) is 109 cm³/mol. The van der Waals surface area contributed by atoms with E-state index in [1.807, 2.05) is 49.4 Å². The van der Waals surface area contributed by atoms with E-state index in [0.717, 1.165) is 11.3 Å². The van der Waals surface area contributed by atoms with Crippen LogP contribution in [0.4, 0.5) is 5.69 Å². The zero-order valence-corrected chi connectivity index (χ0v) is 16.5. The fourth-order valence-corrected chi connectivity index (χ4v) is 3.60. The first kappa shape index (κ1) is 19.3. The van der Waals surface area contributed by atoms with Gasteiger partial charge in [0.2, 0.25) is 12.0 Å². The fraction of sp³-hybridized carbons (Fsp3) is 0.364. The molecule has 0 spiro atoms. The number of nitrogens with one attached hydrogen (secondary N) is 1. The van der Waals surface area contributed by atoms with Gasteiger partial charge in [0.05, 0.1) is 6.54 Å². The van der Waals surface area contributed by atoms with Crippen molar-refractivity contribution in [2.24, 2.45) is 0 Å². The number of aryl methyl sites for hydroxylation is 1. The molecule has 0 aromatic heterocycles. The fourth-order valence-electron chi connectivity index (χ4n) is 3.60. The summed E-state index contributed by atoms with van der Waals surface area (Å²) in [6.45, 7) is 4.96. The molecule has 2 amide bonds. The van der Waals surface area contributed by atoms with Gasteiger partial charge in [0.1, 0.15) is 6.61 Å². The second-order valence-corrected chi connectivity index (χ2v) is 7.38. The number of para-hydroxylation sites is 2. The lowest BCUT2D eigenvalue weighted by molar-refractivity contribution is -0.143. The summed E-state index contributed by atoms with van der Waals surface area (Å²) in [5.74, 6) is 1.16. The number of carbonyl (C=O) groups excluding carboxylic acids is 2. The van der Waals surface area contributed by atoms with Crippen molar-refractivity contribution >= 4 is 17.5 Å². The highest BCUT2D eigenvalue weighted by molar-refractivity contribution is 5.92. The van der Waals surface area contributed by atoms with Gasteiger partial charge in [-0.3, -0.25) is 14.5 Å². The molecule has 152 valence electrons. The van der Waals surface area contributed by atoms with Crippen molar-refractivity contribution in [1.82, 2.24) is 9.80 Å². The highest BCUT2D eigenvalue weighted by Crippen LogP contribution is 2.31. The van der Waals surface area contributed by atoms with Gasteiger partial charge < -0.3 is 19.7 Å². The molecule has 2 aliphatic rings. The second kappa shape index (κ2) is 8.53. The molecular formula is C22H25N3O4. The Hall–Kier alpha value is -3.06. The largest absolute Gasteiger partial charge is 0.485 e. The number of benzene rings is 2. The number of carbonyl (C=O) groups is 2. The van der Waals surface area contributed by atoms with E-state index in [-0.39, 0.29) is 18.4 Å². The van der Waals surface area contributed by atoms with Gasteiger partial charge in [-0.1, -0.05) is 24.3 Å². The Morgan fingerprint density at radius 2 is 1.79 bits per heavy atom. The lowest BCUT2D eigenvalue weighted by Gasteiger charge is -2.36. The molecule has 0 bridgehead atoms. The van der Waals surface area contributed by atoms with Gasteiger partial charge in [0.15, 0.2) is 11.5 Å². The first-order valence-corrected chi connectivity index (χ1v) is 9.84. The normalized spacial score (nSPS) is 18.9. The summed E-state index contributed by atoms with van der Waals surface area (Å²) >= 11 is 0. The number of piperazine rings is 1. The van der Waals surface area contributed by atoms with Gasteiger partial charge >= 0.3 is 0 Å². The molecule has 2 aliphatic heterocycles. The van der Waals surface area contributed by atoms with Crippen molar-refractivity contribution in [3.63, 3.8) is 0 Å². The molecular weight excluding hydrogens is 370 g/mol. The van der Waals surface area contributed by atoms with E-state index in [2.05, 4.69) is 10.2 Å². The third-order valence-electron chi connectivity index (χ3n) is 5.14. The number of nitrogens with zero attached hydrogens (tertiary/aromatic N) is 2. The number of amides is 2. The molecule has 1 atom stereocenters. The average Bonchev–Trinajstić information content (AvgIpc) is 2.73. The van der Waals surface area contributed by atoms with Crippen LogP contribution in [0.3, 0.4) is 0 Å². The molecule has 7 nitrogen and oxygen atoms in total. The molecule has 29 heavy (non-hydrogen) atoms. The quantitative estimate of drug-likeness (QED) is 0.857. The minimum Gasteiger partial charge on any atom is -0.485 e. The van der Waals surface area contributed by atoms with E-state index in [1.165, 1.54) is 0 Å². The minimum absolute atomic E-state index is 0.0454. The van der Waals surface area contributed by atoms with Crippen LogP contribution >= 0.6 is 0 Å². The van der Waals surface area contributed by atoms with E-state index in [9.17, 15) is 9.59 Å². The molecule has 1 saturated heterocycles. The zero-order chi connectivity index (χ0) is 20.2. The van der Waals surface area contributed by atoms with Crippen LogP contribution < -0.4 is 14.8 Å². The summed E-state index contributed by atoms with van der Waals surface area (Å²) in [4.78, 5) is 28.9. The Morgan fingerprint density at radius 3 is 2.55 bits per heavy atom. The molecule has 0 unspecified atom stereocenters. The minimum atomic E-state index is -0.624. The van der Waals surface area contributed by atoms with Crippen molar-refractivity contribution in [3.05, 3.63) is 54.1 Å². The van der Waals surface area contributed by atoms with E-state index in [4.69, 9.17) is 9.47 Å². The second-order valence-electron chi connectivity index (χ2n) is 7.38. The van der Waals surface area contributed by atoms with E-state index in [1.54, 1.807) is 11.0 Å². The molecule has 2 aromatic carbocycles. The smallest absolute Gasteiger partial charge is 0.267 e. The van der Waals surface area contributed by atoms with Crippen molar-refractivity contribution in [3.8, 4) is 11.5 Å². The third-order valence-corrected chi connectivity index (χ3v) is 5.14. The molecule has 0 saturated carbocycles. The Balaban J connectivity index is 1.25. The molecule has 1 N–H and O–H groups in total. The van der Waals surface area contributed by atoms with Crippen LogP contribution in [0.5, 0.6) is 11.5 Å². The van der Waals surface area contributed by atoms with Crippen LogP contribution in [0.15, 0.2) is 48.5 Å². The third kappa shape index (κ3) is 4.68. The van der Waals surface area contributed by atoms with Gasteiger partial charge in [0, 0.05) is 31.9 Å². The van der Waals surface area contributed by atoms with Gasteiger partial charge in [-0.2, -0.15) is 0 Å².